The van der Waals surface area contributed by atoms with Crippen molar-refractivity contribution in [3.8, 4) is 12.3 Å². The van der Waals surface area contributed by atoms with E-state index in [0.29, 0.717) is 16.3 Å². The average Bonchev–Trinajstić information content (AvgIpc) is 2.37. The van der Waals surface area contributed by atoms with Crippen molar-refractivity contribution in [2.75, 3.05) is 0 Å². The van der Waals surface area contributed by atoms with Crippen LogP contribution in [0.3, 0.4) is 0 Å². The van der Waals surface area contributed by atoms with Crippen LogP contribution in [0.5, 0.6) is 0 Å². The molecule has 5 heteroatoms. The van der Waals surface area contributed by atoms with E-state index in [4.69, 9.17) is 6.42 Å². The van der Waals surface area contributed by atoms with Crippen molar-refractivity contribution in [1.29, 1.82) is 0 Å². The Bertz CT molecular complexity index is 774. The number of carboxylic acid groups (broad SMARTS) is 1. The number of fused-ring (bicyclic) bond motifs is 1. The van der Waals surface area contributed by atoms with Crippen LogP contribution in [0.1, 0.15) is 15.9 Å². The Kier molecular flexibility index (Phi) is 3.81. The molecule has 1 N–H and O–H groups in total. The number of rotatable bonds is 3. The molecule has 0 aliphatic rings. The van der Waals surface area contributed by atoms with Crippen molar-refractivity contribution in [1.82, 2.24) is 0 Å². The van der Waals surface area contributed by atoms with Crippen LogP contribution in [0.4, 0.5) is 0 Å². The minimum absolute atomic E-state index is 0.0961. The molecule has 0 saturated heterocycles. The molecule has 2 rings (SSSR count). The Hall–Kier alpha value is -1.94. The molecule has 0 spiro atoms. The van der Waals surface area contributed by atoms with E-state index in [1.807, 2.05) is 0 Å². The predicted octanol–water partition coefficient (Wildman–Crippen LogP) is 3.08. The first kappa shape index (κ1) is 13.5. The number of carbonyl (C=O) groups is 1. The van der Waals surface area contributed by atoms with E-state index in [1.165, 1.54) is 0 Å². The quantitative estimate of drug-likeness (QED) is 0.668. The highest BCUT2D eigenvalue weighted by Crippen LogP contribution is 2.32. The van der Waals surface area contributed by atoms with Crippen molar-refractivity contribution in [3.05, 3.63) is 45.0 Å². The molecule has 2 aromatic rings. The highest BCUT2D eigenvalue weighted by atomic mass is 127. The van der Waals surface area contributed by atoms with Gasteiger partial charge in [-0.05, 0) is 22.4 Å². The average molecular weight is 368 g/mol. The molecule has 0 saturated carbocycles. The van der Waals surface area contributed by atoms with Crippen LogP contribution in [-0.4, -0.2) is 11.1 Å². The van der Waals surface area contributed by atoms with Crippen LogP contribution < -0.4 is 0 Å². The first-order chi connectivity index (χ1) is 9.06. The highest BCUT2D eigenvalue weighted by molar-refractivity contribution is 14.2. The lowest BCUT2D eigenvalue weighted by Gasteiger charge is -2.09. The largest absolute Gasteiger partial charge is 0.478 e. The summed E-state index contributed by atoms with van der Waals surface area (Å²) < 4.78 is 22.8. The zero-order valence-corrected chi connectivity index (χ0v) is 11.9. The van der Waals surface area contributed by atoms with Gasteiger partial charge < -0.3 is 5.11 Å². The van der Waals surface area contributed by atoms with Crippen LogP contribution >= 0.6 is 19.8 Å². The van der Waals surface area contributed by atoms with Crippen molar-refractivity contribution in [2.45, 2.75) is 6.42 Å². The second-order valence-electron chi connectivity index (χ2n) is 3.85. The van der Waals surface area contributed by atoms with Gasteiger partial charge in [0.25, 0.3) is 0 Å². The maximum Gasteiger partial charge on any atom is 0.342 e. The molecule has 0 aromatic heterocycles. The molecule has 0 fully saturated rings. The lowest BCUT2D eigenvalue weighted by atomic mass is 9.99. The highest BCUT2D eigenvalue weighted by Gasteiger charge is 2.21. The van der Waals surface area contributed by atoms with E-state index in [-0.39, 0.29) is 15.6 Å². The van der Waals surface area contributed by atoms with Gasteiger partial charge in [0.2, 0.25) is 0 Å². The molecule has 0 atom stereocenters. The molecular formula is C14H9IO4. The Morgan fingerprint density at radius 2 is 2.00 bits per heavy atom. The van der Waals surface area contributed by atoms with Crippen LogP contribution in [0, 0.1) is 15.9 Å². The molecule has 4 nitrogen and oxygen atoms in total. The Morgan fingerprint density at radius 1 is 1.32 bits per heavy atom. The fourth-order valence-corrected chi connectivity index (χ4v) is 3.88. The van der Waals surface area contributed by atoms with E-state index in [2.05, 4.69) is 5.92 Å². The topological polar surface area (TPSA) is 71.4 Å². The van der Waals surface area contributed by atoms with Crippen molar-refractivity contribution < 1.29 is 16.0 Å². The summed E-state index contributed by atoms with van der Waals surface area (Å²) in [4.78, 5) is 11.4. The van der Waals surface area contributed by atoms with Gasteiger partial charge in [-0.3, -0.25) is 0 Å². The van der Waals surface area contributed by atoms with Crippen LogP contribution in [0.25, 0.3) is 10.8 Å². The first-order valence-corrected chi connectivity index (χ1v) is 8.17. The normalized spacial score (nSPS) is 10.5. The Labute approximate surface area is 116 Å². The van der Waals surface area contributed by atoms with Crippen LogP contribution in [0.15, 0.2) is 30.3 Å². The third kappa shape index (κ3) is 2.44. The maximum atomic E-state index is 11.5. The summed E-state index contributed by atoms with van der Waals surface area (Å²) in [6.45, 7) is 0. The van der Waals surface area contributed by atoms with E-state index in [0.717, 1.165) is 0 Å². The summed E-state index contributed by atoms with van der Waals surface area (Å²) in [6, 6.07) is 8.42. The molecule has 2 aromatic carbocycles. The monoisotopic (exact) mass is 368 g/mol. The molecule has 0 radical (unpaired) electrons. The molecule has 0 unspecified atom stereocenters. The van der Waals surface area contributed by atoms with Crippen molar-refractivity contribution >= 4 is 36.5 Å². The smallest absolute Gasteiger partial charge is 0.342 e. The molecule has 0 aliphatic heterocycles. The first-order valence-electron chi connectivity index (χ1n) is 5.33. The third-order valence-electron chi connectivity index (χ3n) is 2.72. The summed E-state index contributed by atoms with van der Waals surface area (Å²) >= 11 is -3.96. The van der Waals surface area contributed by atoms with Crippen molar-refractivity contribution in [2.24, 2.45) is 0 Å². The van der Waals surface area contributed by atoms with Gasteiger partial charge >= 0.3 is 25.8 Å². The van der Waals surface area contributed by atoms with Gasteiger partial charge in [0.15, 0.2) is 0 Å². The molecule has 0 bridgehead atoms. The second-order valence-corrected chi connectivity index (χ2v) is 6.17. The van der Waals surface area contributed by atoms with Gasteiger partial charge in [0, 0.05) is 6.42 Å². The predicted molar refractivity (Wildman–Crippen MR) is 77.5 cm³/mol. The Morgan fingerprint density at radius 3 is 2.58 bits per heavy atom. The lowest BCUT2D eigenvalue weighted by molar-refractivity contribution is 0.0697. The van der Waals surface area contributed by atoms with Crippen LogP contribution in [0.2, 0.25) is 0 Å². The second kappa shape index (κ2) is 5.36. The van der Waals surface area contributed by atoms with Gasteiger partial charge in [-0.1, -0.05) is 24.3 Å². The van der Waals surface area contributed by atoms with Gasteiger partial charge in [-0.2, -0.15) is 0 Å². The molecule has 0 amide bonds. The molecule has 96 valence electrons. The minimum Gasteiger partial charge on any atom is -0.478 e. The van der Waals surface area contributed by atoms with E-state index in [1.54, 1.807) is 30.3 Å². The summed E-state index contributed by atoms with van der Waals surface area (Å²) in [5.74, 6) is 1.11. The van der Waals surface area contributed by atoms with Gasteiger partial charge in [-0.15, -0.1) is 12.3 Å². The van der Waals surface area contributed by atoms with E-state index in [9.17, 15) is 16.0 Å². The summed E-state index contributed by atoms with van der Waals surface area (Å²) in [7, 11) is 0. The zero-order valence-electron chi connectivity index (χ0n) is 9.72. The number of aromatic carboxylic acids is 1. The molecule has 0 aliphatic carbocycles. The van der Waals surface area contributed by atoms with Gasteiger partial charge in [0.05, 0.1) is 9.13 Å². The third-order valence-corrected chi connectivity index (χ3v) is 4.83. The molecular weight excluding hydrogens is 359 g/mol. The summed E-state index contributed by atoms with van der Waals surface area (Å²) in [6.07, 6.45) is 5.31. The van der Waals surface area contributed by atoms with Crippen LogP contribution in [-0.2, 0) is 12.6 Å². The number of benzene rings is 2. The number of hydrogen-bond acceptors (Lipinski definition) is 3. The standard InChI is InChI=1S/C14H9IO4/c1-2-5-10-8-9-6-3-4-7-11(9)12(14(16)17)13(10)15(18)19/h1,3-4,6-8H,5H2,(H,16,17). The number of hydrogen-bond donors (Lipinski definition) is 1. The SMILES string of the molecule is C#CCc1cc2ccccc2c(C(=O)O)c1I(=O)=O. The fourth-order valence-electron chi connectivity index (χ4n) is 2.00. The summed E-state index contributed by atoms with van der Waals surface area (Å²) in [5.41, 5.74) is 0.215. The summed E-state index contributed by atoms with van der Waals surface area (Å²) in [5, 5.41) is 10.4. The fraction of sp³-hybridized carbons (Fsp3) is 0.0714. The molecule has 19 heavy (non-hydrogen) atoms. The molecule has 0 heterocycles. The van der Waals surface area contributed by atoms with Gasteiger partial charge in [-0.25, -0.2) is 10.9 Å². The zero-order chi connectivity index (χ0) is 14.0. The van der Waals surface area contributed by atoms with E-state index < -0.39 is 25.8 Å². The number of halogens is 1. The number of terminal acetylenes is 1. The van der Waals surface area contributed by atoms with E-state index >= 15 is 0 Å². The lowest BCUT2D eigenvalue weighted by Crippen LogP contribution is -2.05. The number of carboxylic acids is 1. The van der Waals surface area contributed by atoms with Gasteiger partial charge in [0.1, 0.15) is 0 Å². The minimum atomic E-state index is -3.96. The van der Waals surface area contributed by atoms with Crippen molar-refractivity contribution in [3.63, 3.8) is 0 Å². The maximum absolute atomic E-state index is 11.5. The Balaban J connectivity index is 3.00.